The highest BCUT2D eigenvalue weighted by molar-refractivity contribution is 5.44. The third-order valence-electron chi connectivity index (χ3n) is 1.57. The van der Waals surface area contributed by atoms with Crippen LogP contribution < -0.4 is 0 Å². The molecule has 0 aliphatic rings. The lowest BCUT2D eigenvalue weighted by Gasteiger charge is -1.89. The Labute approximate surface area is 96.6 Å². The number of hydrogen-bond donors (Lipinski definition) is 0. The highest BCUT2D eigenvalue weighted by atomic mass is 15.2. The zero-order chi connectivity index (χ0) is 12.6. The Morgan fingerprint density at radius 3 is 2.44 bits per heavy atom. The van der Waals surface area contributed by atoms with Gasteiger partial charge in [0.2, 0.25) is 0 Å². The van der Waals surface area contributed by atoms with Gasteiger partial charge < -0.3 is 0 Å². The molecule has 0 fully saturated rings. The first kappa shape index (κ1) is 14.1. The molecule has 4 nitrogen and oxygen atoms in total. The smallest absolute Gasteiger partial charge is 0.155 e. The summed E-state index contributed by atoms with van der Waals surface area (Å²) >= 11 is 0. The molecule has 0 saturated heterocycles. The average molecular weight is 218 g/mol. The lowest BCUT2D eigenvalue weighted by molar-refractivity contribution is 0.931. The molecular formula is C12H18N4. The molecule has 4 heteroatoms. The Hall–Kier alpha value is -1.89. The predicted octanol–water partition coefficient (Wildman–Crippen LogP) is 2.96. The van der Waals surface area contributed by atoms with E-state index < -0.39 is 0 Å². The summed E-state index contributed by atoms with van der Waals surface area (Å²) in [6.45, 7) is 9.89. The first-order chi connectivity index (χ1) is 7.79. The number of nitriles is 1. The van der Waals surface area contributed by atoms with E-state index in [0.717, 1.165) is 5.69 Å². The van der Waals surface area contributed by atoms with Gasteiger partial charge in [-0.15, -0.1) is 0 Å². The van der Waals surface area contributed by atoms with Crippen LogP contribution in [0.25, 0.3) is 5.65 Å². The summed E-state index contributed by atoms with van der Waals surface area (Å²) in [5.41, 5.74) is 2.15. The van der Waals surface area contributed by atoms with Gasteiger partial charge >= 0.3 is 0 Å². The van der Waals surface area contributed by atoms with E-state index in [-0.39, 0.29) is 0 Å². The van der Waals surface area contributed by atoms with E-state index in [9.17, 15) is 0 Å². The number of rotatable bonds is 0. The molecule has 0 N–H and O–H groups in total. The Balaban J connectivity index is 0.000000509. The molecule has 2 aromatic rings. The van der Waals surface area contributed by atoms with Gasteiger partial charge in [-0.1, -0.05) is 27.7 Å². The van der Waals surface area contributed by atoms with Crippen LogP contribution in [0.2, 0.25) is 0 Å². The third-order valence-corrected chi connectivity index (χ3v) is 1.57. The maximum absolute atomic E-state index is 8.58. The van der Waals surface area contributed by atoms with Crippen LogP contribution in [0.15, 0.2) is 18.5 Å². The van der Waals surface area contributed by atoms with Gasteiger partial charge in [-0.3, -0.25) is 0 Å². The van der Waals surface area contributed by atoms with Gasteiger partial charge in [0, 0.05) is 6.07 Å². The van der Waals surface area contributed by atoms with Crippen molar-refractivity contribution in [3.05, 3.63) is 29.7 Å². The summed E-state index contributed by atoms with van der Waals surface area (Å²) < 4.78 is 1.65. The van der Waals surface area contributed by atoms with Crippen molar-refractivity contribution in [3.63, 3.8) is 0 Å². The first-order valence-corrected chi connectivity index (χ1v) is 5.52. The van der Waals surface area contributed by atoms with Crippen LogP contribution in [-0.2, 0) is 0 Å². The lowest BCUT2D eigenvalue weighted by atomic mass is 10.3. The summed E-state index contributed by atoms with van der Waals surface area (Å²) in [4.78, 5) is 4.17. The number of fused-ring (bicyclic) bond motifs is 1. The van der Waals surface area contributed by atoms with E-state index in [1.54, 1.807) is 10.6 Å². The molecular weight excluding hydrogens is 200 g/mol. The van der Waals surface area contributed by atoms with E-state index in [1.807, 2.05) is 46.9 Å². The third kappa shape index (κ3) is 3.35. The topological polar surface area (TPSA) is 54.0 Å². The highest BCUT2D eigenvalue weighted by Crippen LogP contribution is 2.03. The van der Waals surface area contributed by atoms with Crippen LogP contribution in [0.3, 0.4) is 0 Å². The largest absolute Gasteiger partial charge is 0.232 e. The van der Waals surface area contributed by atoms with Crippen molar-refractivity contribution in [3.8, 4) is 6.07 Å². The minimum absolute atomic E-state index is 0.535. The van der Waals surface area contributed by atoms with Gasteiger partial charge in [0.05, 0.1) is 23.7 Å². The van der Waals surface area contributed by atoms with Crippen molar-refractivity contribution in [2.24, 2.45) is 0 Å². The molecule has 0 unspecified atom stereocenters. The fourth-order valence-corrected chi connectivity index (χ4v) is 1.06. The second-order valence-corrected chi connectivity index (χ2v) is 2.54. The molecule has 0 saturated carbocycles. The van der Waals surface area contributed by atoms with Gasteiger partial charge in [-0.25, -0.2) is 9.50 Å². The molecule has 0 aromatic carbocycles. The predicted molar refractivity (Wildman–Crippen MR) is 65.1 cm³/mol. The summed E-state index contributed by atoms with van der Waals surface area (Å²) in [5.74, 6) is 0. The number of aromatic nitrogens is 3. The van der Waals surface area contributed by atoms with E-state index in [4.69, 9.17) is 5.26 Å². The quantitative estimate of drug-likeness (QED) is 0.683. The normalized spacial score (nSPS) is 8.25. The SMILES string of the molecule is CC.CC.Cc1cn2ncc(C#N)cc2n1. The van der Waals surface area contributed by atoms with Gasteiger partial charge in [-0.2, -0.15) is 10.4 Å². The van der Waals surface area contributed by atoms with Crippen molar-refractivity contribution in [2.75, 3.05) is 0 Å². The first-order valence-electron chi connectivity index (χ1n) is 5.52. The summed E-state index contributed by atoms with van der Waals surface area (Å²) in [7, 11) is 0. The Kier molecular flexibility index (Phi) is 6.53. The maximum atomic E-state index is 8.58. The monoisotopic (exact) mass is 218 g/mol. The van der Waals surface area contributed by atoms with Crippen LogP contribution >= 0.6 is 0 Å². The average Bonchev–Trinajstić information content (AvgIpc) is 2.73. The standard InChI is InChI=1S/C8H6N4.2C2H6/c1-6-5-12-8(11-6)2-7(3-9)4-10-12;2*1-2/h2,4-5H,1H3;2*1-2H3. The van der Waals surface area contributed by atoms with Crippen molar-refractivity contribution in [2.45, 2.75) is 34.6 Å². The molecule has 0 radical (unpaired) electrons. The number of imidazole rings is 1. The molecule has 2 aromatic heterocycles. The van der Waals surface area contributed by atoms with Gasteiger partial charge in [0.25, 0.3) is 0 Å². The minimum Gasteiger partial charge on any atom is -0.232 e. The van der Waals surface area contributed by atoms with Crippen LogP contribution in [-0.4, -0.2) is 14.6 Å². The van der Waals surface area contributed by atoms with Gasteiger partial charge in [0.15, 0.2) is 5.65 Å². The molecule has 0 aliphatic carbocycles. The Morgan fingerprint density at radius 1 is 1.25 bits per heavy atom. The number of nitrogens with zero attached hydrogens (tertiary/aromatic N) is 4. The molecule has 0 atom stereocenters. The van der Waals surface area contributed by atoms with Crippen molar-refractivity contribution in [1.29, 1.82) is 5.26 Å². The number of hydrogen-bond acceptors (Lipinski definition) is 3. The maximum Gasteiger partial charge on any atom is 0.155 e. The van der Waals surface area contributed by atoms with E-state index in [1.165, 1.54) is 6.20 Å². The van der Waals surface area contributed by atoms with Crippen LogP contribution in [0.1, 0.15) is 39.0 Å². The van der Waals surface area contributed by atoms with Gasteiger partial charge in [-0.05, 0) is 6.92 Å². The molecule has 16 heavy (non-hydrogen) atoms. The minimum atomic E-state index is 0.535. The zero-order valence-electron chi connectivity index (χ0n) is 10.5. The summed E-state index contributed by atoms with van der Waals surface area (Å²) in [5, 5.41) is 12.6. The number of aryl methyl sites for hydroxylation is 1. The molecule has 0 amide bonds. The Morgan fingerprint density at radius 2 is 1.88 bits per heavy atom. The fourth-order valence-electron chi connectivity index (χ4n) is 1.06. The Bertz CT molecular complexity index is 465. The van der Waals surface area contributed by atoms with Crippen LogP contribution in [0.4, 0.5) is 0 Å². The van der Waals surface area contributed by atoms with Gasteiger partial charge in [0.1, 0.15) is 6.07 Å². The summed E-state index contributed by atoms with van der Waals surface area (Å²) in [6, 6.07) is 3.72. The van der Waals surface area contributed by atoms with E-state index in [0.29, 0.717) is 11.2 Å². The lowest BCUT2D eigenvalue weighted by Crippen LogP contribution is -1.89. The van der Waals surface area contributed by atoms with Crippen molar-refractivity contribution < 1.29 is 0 Å². The molecule has 0 aliphatic heterocycles. The summed E-state index contributed by atoms with van der Waals surface area (Å²) in [6.07, 6.45) is 3.34. The zero-order valence-corrected chi connectivity index (χ0v) is 10.5. The molecule has 0 bridgehead atoms. The fraction of sp³-hybridized carbons (Fsp3) is 0.417. The van der Waals surface area contributed by atoms with Crippen LogP contribution in [0, 0.1) is 18.3 Å². The molecule has 86 valence electrons. The molecule has 2 rings (SSSR count). The van der Waals surface area contributed by atoms with Crippen LogP contribution in [0.5, 0.6) is 0 Å². The van der Waals surface area contributed by atoms with E-state index >= 15 is 0 Å². The molecule has 2 heterocycles. The highest BCUT2D eigenvalue weighted by Gasteiger charge is 1.98. The van der Waals surface area contributed by atoms with Crippen molar-refractivity contribution in [1.82, 2.24) is 14.6 Å². The van der Waals surface area contributed by atoms with E-state index in [2.05, 4.69) is 10.1 Å². The molecule has 0 spiro atoms. The second kappa shape index (κ2) is 7.41. The second-order valence-electron chi connectivity index (χ2n) is 2.54. The van der Waals surface area contributed by atoms with Crippen molar-refractivity contribution >= 4 is 5.65 Å².